The summed E-state index contributed by atoms with van der Waals surface area (Å²) >= 11 is 7.43. The molecule has 0 fully saturated rings. The monoisotopic (exact) mass is 517 g/mol. The summed E-state index contributed by atoms with van der Waals surface area (Å²) in [6.45, 7) is 4.47. The smallest absolute Gasteiger partial charge is 0.239 e. The zero-order chi connectivity index (χ0) is 20.5. The summed E-state index contributed by atoms with van der Waals surface area (Å²) in [5, 5.41) is 7.26. The number of nitrogens with zero attached hydrogens (tertiary/aromatic N) is 2. The maximum atomic E-state index is 11.8. The topological polar surface area (TPSA) is 86.7 Å². The average molecular weight is 519 g/mol. The predicted molar refractivity (Wildman–Crippen MR) is 123 cm³/mol. The Balaban J connectivity index is 0.00000300. The van der Waals surface area contributed by atoms with Gasteiger partial charge in [-0.15, -0.1) is 28.3 Å². The molecule has 0 atom stereocenters. The van der Waals surface area contributed by atoms with Gasteiger partial charge in [0.05, 0.1) is 17.3 Å². The summed E-state index contributed by atoms with van der Waals surface area (Å²) in [5.74, 6) is 0.714. The van der Waals surface area contributed by atoms with E-state index in [2.05, 4.69) is 0 Å². The van der Waals surface area contributed by atoms with Gasteiger partial charge in [-0.2, -0.15) is 0 Å². The normalized spacial score (nSPS) is 12.0. The van der Waals surface area contributed by atoms with Crippen LogP contribution in [0.4, 0.5) is 5.69 Å². The van der Waals surface area contributed by atoms with Gasteiger partial charge in [-0.1, -0.05) is 23.7 Å². The summed E-state index contributed by atoms with van der Waals surface area (Å²) in [7, 11) is -2.05. The minimum absolute atomic E-state index is 0. The highest BCUT2D eigenvalue weighted by Gasteiger charge is 2.15. The molecule has 156 valence electrons. The van der Waals surface area contributed by atoms with Crippen molar-refractivity contribution < 1.29 is 13.2 Å². The highest BCUT2D eigenvalue weighted by Crippen LogP contribution is 2.30. The van der Waals surface area contributed by atoms with Gasteiger partial charge in [-0.3, -0.25) is 0 Å². The molecule has 0 saturated carbocycles. The van der Waals surface area contributed by atoms with Gasteiger partial charge in [0, 0.05) is 18.0 Å². The Morgan fingerprint density at radius 3 is 2.62 bits per heavy atom. The van der Waals surface area contributed by atoms with E-state index in [1.807, 2.05) is 49.0 Å². The molecule has 6 nitrogen and oxygen atoms in total. The summed E-state index contributed by atoms with van der Waals surface area (Å²) in [6.07, 6.45) is 0. The standard InChI is InChI=1S/C19H20ClN3O3S2.BrH/c1-4-26-17-8-5-12(2)9-15(17)22-19-23(3)16(11-27-19)13-6-7-14(20)18(10-13)28(21,24)25;/h5-11H,4H2,1-3H3,(H2,21,24,25);1H. The Labute approximate surface area is 189 Å². The molecule has 10 heteroatoms. The van der Waals surface area contributed by atoms with Crippen molar-refractivity contribution in [2.24, 2.45) is 17.2 Å². The van der Waals surface area contributed by atoms with Crippen molar-refractivity contribution in [3.8, 4) is 17.0 Å². The molecule has 3 aromatic rings. The molecule has 3 rings (SSSR count). The summed E-state index contributed by atoms with van der Waals surface area (Å²) in [6, 6.07) is 10.6. The van der Waals surface area contributed by atoms with Crippen LogP contribution in [-0.4, -0.2) is 19.6 Å². The highest BCUT2D eigenvalue weighted by molar-refractivity contribution is 8.93. The molecule has 2 N–H and O–H groups in total. The maximum Gasteiger partial charge on any atom is 0.239 e. The summed E-state index contributed by atoms with van der Waals surface area (Å²) in [4.78, 5) is 5.38. The first-order valence-electron chi connectivity index (χ1n) is 8.46. The van der Waals surface area contributed by atoms with Crippen LogP contribution in [0.15, 0.2) is 51.7 Å². The van der Waals surface area contributed by atoms with Gasteiger partial charge < -0.3 is 9.30 Å². The van der Waals surface area contributed by atoms with Crippen LogP contribution < -0.4 is 14.7 Å². The largest absolute Gasteiger partial charge is 0.492 e. The van der Waals surface area contributed by atoms with E-state index in [0.717, 1.165) is 21.7 Å². The van der Waals surface area contributed by atoms with Crippen molar-refractivity contribution in [1.82, 2.24) is 4.57 Å². The lowest BCUT2D eigenvalue weighted by Crippen LogP contribution is -2.14. The van der Waals surface area contributed by atoms with E-state index in [-0.39, 0.29) is 26.9 Å². The average Bonchev–Trinajstić information content (AvgIpc) is 2.98. The second kappa shape index (κ2) is 9.44. The summed E-state index contributed by atoms with van der Waals surface area (Å²) in [5.41, 5.74) is 3.31. The molecule has 0 radical (unpaired) electrons. The number of rotatable bonds is 5. The fourth-order valence-corrected chi connectivity index (χ4v) is 4.70. The van der Waals surface area contributed by atoms with Crippen LogP contribution in [0.1, 0.15) is 12.5 Å². The van der Waals surface area contributed by atoms with E-state index in [4.69, 9.17) is 26.5 Å². The molecule has 0 aliphatic heterocycles. The number of primary sulfonamides is 1. The minimum atomic E-state index is -3.91. The lowest BCUT2D eigenvalue weighted by molar-refractivity contribution is 0.341. The number of hydrogen-bond donors (Lipinski definition) is 1. The van der Waals surface area contributed by atoms with Gasteiger partial charge in [0.25, 0.3) is 0 Å². The van der Waals surface area contributed by atoms with Crippen molar-refractivity contribution in [2.75, 3.05) is 6.61 Å². The van der Waals surface area contributed by atoms with Crippen LogP contribution in [0.5, 0.6) is 5.75 Å². The van der Waals surface area contributed by atoms with Crippen LogP contribution in [0, 0.1) is 6.92 Å². The first-order valence-corrected chi connectivity index (χ1v) is 11.3. The molecule has 0 amide bonds. The van der Waals surface area contributed by atoms with Crippen molar-refractivity contribution >= 4 is 55.6 Å². The van der Waals surface area contributed by atoms with Crippen LogP contribution in [0.2, 0.25) is 5.02 Å². The van der Waals surface area contributed by atoms with Crippen molar-refractivity contribution in [3.05, 3.63) is 57.2 Å². The van der Waals surface area contributed by atoms with Gasteiger partial charge in [0.15, 0.2) is 4.80 Å². The Hall–Kier alpha value is -1.65. The molecule has 0 bridgehead atoms. The number of nitrogens with two attached hydrogens (primary N) is 1. The van der Waals surface area contributed by atoms with Crippen LogP contribution in [-0.2, 0) is 17.1 Å². The Kier molecular flexibility index (Phi) is 7.69. The number of hydrogen-bond acceptors (Lipinski definition) is 5. The molecule has 1 heterocycles. The number of aryl methyl sites for hydroxylation is 1. The molecule has 0 unspecified atom stereocenters. The van der Waals surface area contributed by atoms with Gasteiger partial charge >= 0.3 is 0 Å². The number of ether oxygens (including phenoxy) is 1. The molecule has 29 heavy (non-hydrogen) atoms. The second-order valence-corrected chi connectivity index (χ2v) is 8.94. The number of halogens is 2. The fraction of sp³-hybridized carbons (Fsp3) is 0.211. The molecule has 0 saturated heterocycles. The van der Waals surface area contributed by atoms with E-state index >= 15 is 0 Å². The predicted octanol–water partition coefficient (Wildman–Crippen LogP) is 4.57. The van der Waals surface area contributed by atoms with Crippen LogP contribution >= 0.6 is 39.9 Å². The number of aromatic nitrogens is 1. The Morgan fingerprint density at radius 1 is 1.24 bits per heavy atom. The van der Waals surface area contributed by atoms with E-state index in [1.165, 1.54) is 23.5 Å². The molecule has 0 aliphatic carbocycles. The number of benzene rings is 2. The molecule has 2 aromatic carbocycles. The number of sulfonamides is 1. The first-order chi connectivity index (χ1) is 13.2. The van der Waals surface area contributed by atoms with Gasteiger partial charge in [-0.25, -0.2) is 18.5 Å². The Morgan fingerprint density at radius 2 is 1.97 bits per heavy atom. The molecule has 1 aromatic heterocycles. The SMILES string of the molecule is Br.CCOc1ccc(C)cc1N=c1scc(-c2ccc(Cl)c(S(N)(=O)=O)c2)n1C. The van der Waals surface area contributed by atoms with E-state index < -0.39 is 10.0 Å². The van der Waals surface area contributed by atoms with Crippen LogP contribution in [0.25, 0.3) is 11.3 Å². The third-order valence-corrected chi connectivity index (χ3v) is 6.40. The van der Waals surface area contributed by atoms with Crippen molar-refractivity contribution in [1.29, 1.82) is 0 Å². The van der Waals surface area contributed by atoms with Crippen LogP contribution in [0.3, 0.4) is 0 Å². The van der Waals surface area contributed by atoms with E-state index in [1.54, 1.807) is 6.07 Å². The highest BCUT2D eigenvalue weighted by atomic mass is 79.9. The first kappa shape index (κ1) is 23.6. The maximum absolute atomic E-state index is 11.8. The van der Waals surface area contributed by atoms with Gasteiger partial charge in [0.1, 0.15) is 16.3 Å². The fourth-order valence-electron chi connectivity index (χ4n) is 2.71. The third-order valence-electron chi connectivity index (χ3n) is 4.09. The van der Waals surface area contributed by atoms with Crippen molar-refractivity contribution in [2.45, 2.75) is 18.7 Å². The quantitative estimate of drug-likeness (QED) is 0.537. The molecule has 0 spiro atoms. The number of thiazole rings is 1. The van der Waals surface area contributed by atoms with Gasteiger partial charge in [-0.05, 0) is 43.7 Å². The second-order valence-electron chi connectivity index (χ2n) is 6.17. The van der Waals surface area contributed by atoms with Gasteiger partial charge in [0.2, 0.25) is 10.0 Å². The lowest BCUT2D eigenvalue weighted by Gasteiger charge is -2.08. The lowest BCUT2D eigenvalue weighted by atomic mass is 10.2. The molecule has 0 aliphatic rings. The molecular formula is C19H21BrClN3O3S2. The molecular weight excluding hydrogens is 498 g/mol. The van der Waals surface area contributed by atoms with Crippen molar-refractivity contribution in [3.63, 3.8) is 0 Å². The third kappa shape index (κ3) is 5.29. The summed E-state index contributed by atoms with van der Waals surface area (Å²) < 4.78 is 31.1. The zero-order valence-electron chi connectivity index (χ0n) is 16.0. The zero-order valence-corrected chi connectivity index (χ0v) is 20.1. The minimum Gasteiger partial charge on any atom is -0.492 e. The Bertz CT molecular complexity index is 1200. The van der Waals surface area contributed by atoms with E-state index in [0.29, 0.717) is 17.9 Å². The van der Waals surface area contributed by atoms with E-state index in [9.17, 15) is 8.42 Å².